The number of hydrogen-bond acceptors (Lipinski definition) is 6. The number of nitrogens with zero attached hydrogens (tertiary/aromatic N) is 5. The largest absolute Gasteiger partial charge is 0.341 e. The van der Waals surface area contributed by atoms with Gasteiger partial charge in [-0.2, -0.15) is 4.98 Å². The summed E-state index contributed by atoms with van der Waals surface area (Å²) in [6.07, 6.45) is 0.738. The van der Waals surface area contributed by atoms with Crippen LogP contribution in [-0.2, 0) is 24.3 Å². The van der Waals surface area contributed by atoms with Crippen LogP contribution >= 0.6 is 15.9 Å². The molecule has 0 spiro atoms. The van der Waals surface area contributed by atoms with Crippen LogP contribution in [0.1, 0.15) is 34.1 Å². The first-order valence-corrected chi connectivity index (χ1v) is 12.1. The summed E-state index contributed by atoms with van der Waals surface area (Å²) in [7, 11) is 1.80. The average Bonchev–Trinajstić information content (AvgIpc) is 3.31. The Balaban J connectivity index is 1.20. The lowest BCUT2D eigenvalue weighted by atomic mass is 10.2. The summed E-state index contributed by atoms with van der Waals surface area (Å²) in [5, 5.41) is 4.07. The third-order valence-corrected chi connectivity index (χ3v) is 6.40. The van der Waals surface area contributed by atoms with Gasteiger partial charge in [-0.3, -0.25) is 14.5 Å². The summed E-state index contributed by atoms with van der Waals surface area (Å²) < 4.78 is 6.31. The zero-order valence-electron chi connectivity index (χ0n) is 19.2. The van der Waals surface area contributed by atoms with Crippen molar-refractivity contribution in [2.24, 2.45) is 0 Å². The predicted octanol–water partition coefficient (Wildman–Crippen LogP) is 3.38. The monoisotopic (exact) mass is 525 g/mol. The quantitative estimate of drug-likeness (QED) is 0.448. The maximum absolute atomic E-state index is 12.7. The van der Waals surface area contributed by atoms with Crippen LogP contribution in [0.5, 0.6) is 0 Å². The molecule has 1 fully saturated rings. The number of piperazine rings is 1. The number of carbonyl (C=O) groups is 2. The van der Waals surface area contributed by atoms with Gasteiger partial charge in [-0.25, -0.2) is 0 Å². The summed E-state index contributed by atoms with van der Waals surface area (Å²) in [4.78, 5) is 35.4. The first-order chi connectivity index (χ1) is 16.5. The molecule has 0 bridgehead atoms. The lowest BCUT2D eigenvalue weighted by molar-refractivity contribution is -0.130. The molecule has 0 saturated carbocycles. The van der Waals surface area contributed by atoms with Crippen LogP contribution in [0.2, 0.25) is 0 Å². The number of hydrogen-bond donors (Lipinski definition) is 0. The first-order valence-electron chi connectivity index (χ1n) is 11.3. The molecule has 178 valence electrons. The number of aromatic nitrogens is 2. The van der Waals surface area contributed by atoms with Crippen LogP contribution in [0.15, 0.2) is 63.6 Å². The Bertz CT molecular complexity index is 1100. The van der Waals surface area contributed by atoms with E-state index >= 15 is 0 Å². The fraction of sp³-hybridized carbons (Fsp3) is 0.360. The minimum absolute atomic E-state index is 0.0372. The van der Waals surface area contributed by atoms with Crippen LogP contribution in [0.3, 0.4) is 0 Å². The molecule has 0 atom stereocenters. The lowest BCUT2D eigenvalue weighted by Gasteiger charge is -2.34. The van der Waals surface area contributed by atoms with Crippen molar-refractivity contribution in [2.45, 2.75) is 25.9 Å². The van der Waals surface area contributed by atoms with E-state index in [-0.39, 0.29) is 11.8 Å². The van der Waals surface area contributed by atoms with Gasteiger partial charge in [0.05, 0.1) is 6.54 Å². The summed E-state index contributed by atoms with van der Waals surface area (Å²) >= 11 is 3.40. The molecule has 3 aromatic rings. The topological polar surface area (TPSA) is 82.8 Å². The Kier molecular flexibility index (Phi) is 8.08. The summed E-state index contributed by atoms with van der Waals surface area (Å²) in [5.41, 5.74) is 1.79. The van der Waals surface area contributed by atoms with Crippen molar-refractivity contribution >= 4 is 27.7 Å². The molecule has 1 aliphatic heterocycles. The fourth-order valence-corrected chi connectivity index (χ4v) is 4.15. The maximum atomic E-state index is 12.7. The molecule has 0 unspecified atom stereocenters. The van der Waals surface area contributed by atoms with Crippen molar-refractivity contribution in [3.05, 3.63) is 81.9 Å². The van der Waals surface area contributed by atoms with Crippen molar-refractivity contribution in [3.8, 4) is 0 Å². The Morgan fingerprint density at radius 2 is 1.74 bits per heavy atom. The molecule has 1 aromatic heterocycles. The Labute approximate surface area is 207 Å². The van der Waals surface area contributed by atoms with Crippen molar-refractivity contribution < 1.29 is 14.1 Å². The van der Waals surface area contributed by atoms with Crippen molar-refractivity contribution in [1.29, 1.82) is 0 Å². The number of amides is 2. The molecule has 2 aromatic carbocycles. The molecule has 2 heterocycles. The van der Waals surface area contributed by atoms with E-state index in [1.165, 1.54) is 0 Å². The average molecular weight is 526 g/mol. The maximum Gasteiger partial charge on any atom is 0.253 e. The van der Waals surface area contributed by atoms with Crippen molar-refractivity contribution in [1.82, 2.24) is 24.8 Å². The normalized spacial score (nSPS) is 14.2. The minimum Gasteiger partial charge on any atom is -0.341 e. The van der Waals surface area contributed by atoms with E-state index < -0.39 is 0 Å². The molecular formula is C25H28BrN5O3. The van der Waals surface area contributed by atoms with E-state index in [9.17, 15) is 9.59 Å². The number of halogens is 1. The van der Waals surface area contributed by atoms with Gasteiger partial charge in [0.25, 0.3) is 5.91 Å². The molecule has 1 aliphatic rings. The number of carbonyl (C=O) groups excluding carboxylic acids is 2. The second-order valence-corrected chi connectivity index (χ2v) is 9.33. The van der Waals surface area contributed by atoms with Gasteiger partial charge in [0.15, 0.2) is 5.82 Å². The highest BCUT2D eigenvalue weighted by molar-refractivity contribution is 9.10. The molecule has 0 N–H and O–H groups in total. The molecule has 9 heteroatoms. The third kappa shape index (κ3) is 6.51. The van der Waals surface area contributed by atoms with Crippen LogP contribution in [0.25, 0.3) is 0 Å². The smallest absolute Gasteiger partial charge is 0.253 e. The SMILES string of the molecule is CN(Cc1ccccc1)C(=O)CCc1nc(CN2CCN(C(=O)c3ccc(Br)cc3)CC2)no1. The Morgan fingerprint density at radius 1 is 1.03 bits per heavy atom. The van der Waals surface area contributed by atoms with E-state index in [4.69, 9.17) is 4.52 Å². The second-order valence-electron chi connectivity index (χ2n) is 8.41. The van der Waals surface area contributed by atoms with Crippen LogP contribution in [-0.4, -0.2) is 69.9 Å². The van der Waals surface area contributed by atoms with Crippen molar-refractivity contribution in [3.63, 3.8) is 0 Å². The van der Waals surface area contributed by atoms with Gasteiger partial charge in [0, 0.05) is 62.6 Å². The minimum atomic E-state index is 0.0372. The van der Waals surface area contributed by atoms with Gasteiger partial charge in [0.1, 0.15) is 0 Å². The highest BCUT2D eigenvalue weighted by atomic mass is 79.9. The van der Waals surface area contributed by atoms with Gasteiger partial charge >= 0.3 is 0 Å². The zero-order valence-corrected chi connectivity index (χ0v) is 20.8. The third-order valence-electron chi connectivity index (χ3n) is 5.87. The zero-order chi connectivity index (χ0) is 23.9. The highest BCUT2D eigenvalue weighted by Gasteiger charge is 2.23. The summed E-state index contributed by atoms with van der Waals surface area (Å²) in [6, 6.07) is 17.3. The standard InChI is InChI=1S/C25H28BrN5O3/c1-29(17-19-5-3-2-4-6-19)24(32)12-11-23-27-22(28-34-23)18-30-13-15-31(16-14-30)25(33)20-7-9-21(26)10-8-20/h2-10H,11-18H2,1H3. The highest BCUT2D eigenvalue weighted by Crippen LogP contribution is 2.15. The Morgan fingerprint density at radius 3 is 2.44 bits per heavy atom. The first kappa shape index (κ1) is 24.1. The molecule has 2 amide bonds. The fourth-order valence-electron chi connectivity index (χ4n) is 3.89. The number of rotatable bonds is 8. The molecule has 0 radical (unpaired) electrons. The van der Waals surface area contributed by atoms with E-state index in [2.05, 4.69) is 31.0 Å². The summed E-state index contributed by atoms with van der Waals surface area (Å²) in [6.45, 7) is 3.93. The lowest BCUT2D eigenvalue weighted by Crippen LogP contribution is -2.48. The van der Waals surface area contributed by atoms with E-state index in [1.54, 1.807) is 11.9 Å². The van der Waals surface area contributed by atoms with Gasteiger partial charge < -0.3 is 14.3 Å². The summed E-state index contributed by atoms with van der Waals surface area (Å²) in [5.74, 6) is 1.17. The van der Waals surface area contributed by atoms with E-state index in [0.29, 0.717) is 56.3 Å². The Hall–Kier alpha value is -3.04. The van der Waals surface area contributed by atoms with Crippen molar-refractivity contribution in [2.75, 3.05) is 33.2 Å². The molecule has 4 rings (SSSR count). The van der Waals surface area contributed by atoms with Crippen LogP contribution in [0.4, 0.5) is 0 Å². The van der Waals surface area contributed by atoms with Gasteiger partial charge in [-0.05, 0) is 29.8 Å². The van der Waals surface area contributed by atoms with Crippen LogP contribution < -0.4 is 0 Å². The van der Waals surface area contributed by atoms with Crippen LogP contribution in [0, 0.1) is 0 Å². The van der Waals surface area contributed by atoms with E-state index in [1.807, 2.05) is 59.5 Å². The number of aryl methyl sites for hydroxylation is 1. The van der Waals surface area contributed by atoms with Gasteiger partial charge in [0.2, 0.25) is 11.8 Å². The van der Waals surface area contributed by atoms with Gasteiger partial charge in [-0.1, -0.05) is 51.4 Å². The predicted molar refractivity (Wildman–Crippen MR) is 131 cm³/mol. The van der Waals surface area contributed by atoms with Gasteiger partial charge in [-0.15, -0.1) is 0 Å². The van der Waals surface area contributed by atoms with E-state index in [0.717, 1.165) is 23.1 Å². The molecule has 34 heavy (non-hydrogen) atoms. The molecular weight excluding hydrogens is 498 g/mol. The molecule has 0 aliphatic carbocycles. The second kappa shape index (κ2) is 11.4. The molecule has 1 saturated heterocycles. The number of benzene rings is 2. The molecule has 8 nitrogen and oxygen atoms in total.